The third kappa shape index (κ3) is 6.09. The molecule has 3 unspecified atom stereocenters. The molecule has 0 saturated heterocycles. The van der Waals surface area contributed by atoms with Gasteiger partial charge in [0.05, 0.1) is 26.4 Å². The van der Waals surface area contributed by atoms with Crippen LogP contribution in [0.1, 0.15) is 61.6 Å². The van der Waals surface area contributed by atoms with Crippen molar-refractivity contribution in [2.45, 2.75) is 63.7 Å². The lowest BCUT2D eigenvalue weighted by molar-refractivity contribution is -0.168. The van der Waals surface area contributed by atoms with Crippen LogP contribution < -0.4 is 5.32 Å². The first-order chi connectivity index (χ1) is 20.2. The van der Waals surface area contributed by atoms with Crippen molar-refractivity contribution in [2.24, 2.45) is 17.8 Å². The Morgan fingerprint density at radius 3 is 2.61 bits per heavy atom. The molecule has 41 heavy (non-hydrogen) atoms. The van der Waals surface area contributed by atoms with Crippen LogP contribution >= 0.6 is 0 Å². The van der Waals surface area contributed by atoms with Gasteiger partial charge in [0.25, 0.3) is 5.91 Å². The molecule has 6 atom stereocenters. The molecule has 1 heterocycles. The molecule has 2 N–H and O–H groups in total. The molecular weight excluding hydrogens is 518 g/mol. The van der Waals surface area contributed by atoms with Gasteiger partial charge in [-0.3, -0.25) is 4.79 Å². The van der Waals surface area contributed by atoms with Gasteiger partial charge in [-0.15, -0.1) is 0 Å². The van der Waals surface area contributed by atoms with E-state index in [0.717, 1.165) is 18.8 Å². The van der Waals surface area contributed by atoms with Gasteiger partial charge in [-0.05, 0) is 84.8 Å². The quantitative estimate of drug-likeness (QED) is 0.287. The number of amides is 1. The van der Waals surface area contributed by atoms with Gasteiger partial charge in [-0.2, -0.15) is 0 Å². The second kappa shape index (κ2) is 13.1. The summed E-state index contributed by atoms with van der Waals surface area (Å²) in [7, 11) is 0. The second-order valence-electron chi connectivity index (χ2n) is 11.9. The lowest BCUT2D eigenvalue weighted by Gasteiger charge is -2.38. The Hall–Kier alpha value is -2.71. The van der Waals surface area contributed by atoms with Crippen LogP contribution in [0.3, 0.4) is 0 Å². The number of rotatable bonds is 13. The van der Waals surface area contributed by atoms with Crippen LogP contribution in [0.2, 0.25) is 0 Å². The van der Waals surface area contributed by atoms with Crippen molar-refractivity contribution in [2.75, 3.05) is 39.6 Å². The van der Waals surface area contributed by atoms with Crippen molar-refractivity contribution < 1.29 is 28.8 Å². The summed E-state index contributed by atoms with van der Waals surface area (Å²) in [5.41, 5.74) is 6.45. The molecule has 3 aliphatic carbocycles. The molecule has 6 rings (SSSR count). The molecule has 2 aromatic carbocycles. The van der Waals surface area contributed by atoms with Gasteiger partial charge in [0.1, 0.15) is 0 Å². The molecule has 2 saturated carbocycles. The number of ether oxygens (including phenoxy) is 4. The monoisotopic (exact) mass is 561 g/mol. The summed E-state index contributed by atoms with van der Waals surface area (Å²) in [6.45, 7) is 4.20. The lowest BCUT2D eigenvalue weighted by Crippen LogP contribution is -2.43. The Balaban J connectivity index is 1.27. The van der Waals surface area contributed by atoms with E-state index in [1.165, 1.54) is 47.1 Å². The van der Waals surface area contributed by atoms with Crippen LogP contribution in [-0.4, -0.2) is 63.0 Å². The van der Waals surface area contributed by atoms with Crippen LogP contribution in [0.4, 0.5) is 0 Å². The maximum atomic E-state index is 13.6. The topological polar surface area (TPSA) is 86.3 Å². The average molecular weight is 562 g/mol. The van der Waals surface area contributed by atoms with Crippen molar-refractivity contribution >= 4 is 5.91 Å². The number of hydrogen-bond acceptors (Lipinski definition) is 6. The molecule has 2 bridgehead atoms. The highest BCUT2D eigenvalue weighted by Gasteiger charge is 2.43. The number of carbonyl (C=O) groups is 1. The van der Waals surface area contributed by atoms with Crippen molar-refractivity contribution in [3.8, 4) is 11.1 Å². The normalized spacial score (nSPS) is 27.7. The van der Waals surface area contributed by atoms with E-state index < -0.39 is 6.29 Å². The average Bonchev–Trinajstić information content (AvgIpc) is 3.71. The third-order valence-corrected chi connectivity index (χ3v) is 9.44. The number of hydrogen-bond donors (Lipinski definition) is 2. The van der Waals surface area contributed by atoms with E-state index in [2.05, 4.69) is 47.8 Å². The Morgan fingerprint density at radius 2 is 1.83 bits per heavy atom. The van der Waals surface area contributed by atoms with Crippen molar-refractivity contribution in [1.29, 1.82) is 0 Å². The first-order valence-electron chi connectivity index (χ1n) is 15.4. The maximum absolute atomic E-state index is 13.6. The van der Waals surface area contributed by atoms with E-state index in [-0.39, 0.29) is 30.4 Å². The van der Waals surface area contributed by atoms with E-state index in [1.54, 1.807) is 0 Å². The van der Waals surface area contributed by atoms with Crippen LogP contribution in [-0.2, 0) is 30.2 Å². The van der Waals surface area contributed by atoms with Gasteiger partial charge in [-0.25, -0.2) is 0 Å². The summed E-state index contributed by atoms with van der Waals surface area (Å²) in [4.78, 5) is 13.6. The van der Waals surface area contributed by atoms with Gasteiger partial charge < -0.3 is 29.4 Å². The highest BCUT2D eigenvalue weighted by Crippen LogP contribution is 2.47. The Morgan fingerprint density at radius 1 is 1.00 bits per heavy atom. The fraction of sp³-hybridized carbons (Fsp3) is 0.559. The molecule has 7 heteroatoms. The molecule has 1 amide bonds. The SMILES string of the molecule is CCO[C@@H]1OC(C(=O)NC2CC3CCC2C3)=C[C@H](c2cccc3c2Cc2ccccc2-3)[C@H]1CCOCCOCCO. The van der Waals surface area contributed by atoms with Crippen LogP contribution in [0.25, 0.3) is 11.1 Å². The van der Waals surface area contributed by atoms with Crippen LogP contribution in [0, 0.1) is 17.8 Å². The van der Waals surface area contributed by atoms with E-state index in [4.69, 9.17) is 24.1 Å². The first-order valence-corrected chi connectivity index (χ1v) is 15.4. The number of aliphatic hydroxyl groups excluding tert-OH is 1. The summed E-state index contributed by atoms with van der Waals surface area (Å²) < 4.78 is 23.8. The predicted octanol–water partition coefficient (Wildman–Crippen LogP) is 4.95. The molecule has 220 valence electrons. The molecule has 2 aromatic rings. The molecule has 0 aromatic heterocycles. The van der Waals surface area contributed by atoms with Crippen molar-refractivity contribution in [1.82, 2.24) is 5.32 Å². The summed E-state index contributed by atoms with van der Waals surface area (Å²) in [5, 5.41) is 12.2. The lowest BCUT2D eigenvalue weighted by atomic mass is 9.78. The number of benzene rings is 2. The number of allylic oxidation sites excluding steroid dienone is 1. The minimum Gasteiger partial charge on any atom is -0.459 e. The molecule has 4 aliphatic rings. The summed E-state index contributed by atoms with van der Waals surface area (Å²) in [5.74, 6) is 1.51. The summed E-state index contributed by atoms with van der Waals surface area (Å²) in [6.07, 6.45) is 7.91. The number of carbonyl (C=O) groups excluding carboxylic acids is 1. The highest BCUT2D eigenvalue weighted by atomic mass is 16.7. The standard InChI is InChI=1S/C34H43NO6/c1-2-40-34-28(12-14-38-16-17-39-15-13-36)30(21-32(41-34)33(37)35-31-19-22-10-11-24(31)18-22)27-9-5-8-26-25-7-4-3-6-23(25)20-29(26)27/h3-9,21-22,24,28,30-31,34,36H,2,10-20H2,1H3,(H,35,37)/t22?,24?,28-,30-,31?,34-/m1/s1. The molecule has 7 nitrogen and oxygen atoms in total. The highest BCUT2D eigenvalue weighted by molar-refractivity contribution is 5.92. The maximum Gasteiger partial charge on any atom is 0.286 e. The third-order valence-electron chi connectivity index (χ3n) is 9.44. The Kier molecular flexibility index (Phi) is 9.06. The zero-order valence-electron chi connectivity index (χ0n) is 24.1. The summed E-state index contributed by atoms with van der Waals surface area (Å²) >= 11 is 0. The van der Waals surface area contributed by atoms with Gasteiger partial charge in [0, 0.05) is 31.1 Å². The van der Waals surface area contributed by atoms with E-state index in [0.29, 0.717) is 51.1 Å². The Bertz CT molecular complexity index is 1240. The van der Waals surface area contributed by atoms with E-state index in [9.17, 15) is 4.79 Å². The van der Waals surface area contributed by atoms with Crippen LogP contribution in [0.5, 0.6) is 0 Å². The van der Waals surface area contributed by atoms with Crippen molar-refractivity contribution in [3.05, 3.63) is 71.0 Å². The zero-order chi connectivity index (χ0) is 28.2. The van der Waals surface area contributed by atoms with Gasteiger partial charge in [0.15, 0.2) is 5.76 Å². The predicted molar refractivity (Wildman–Crippen MR) is 156 cm³/mol. The Labute approximate surface area is 243 Å². The minimum absolute atomic E-state index is 0.00657. The number of aliphatic hydroxyl groups is 1. The molecular formula is C34H43NO6. The van der Waals surface area contributed by atoms with Crippen molar-refractivity contribution in [3.63, 3.8) is 0 Å². The van der Waals surface area contributed by atoms with E-state index >= 15 is 0 Å². The number of fused-ring (bicyclic) bond motifs is 5. The first kappa shape index (κ1) is 28.4. The van der Waals surface area contributed by atoms with Gasteiger partial charge in [-0.1, -0.05) is 48.9 Å². The number of nitrogens with one attached hydrogen (secondary N) is 1. The minimum atomic E-state index is -0.551. The molecule has 0 spiro atoms. The van der Waals surface area contributed by atoms with Gasteiger partial charge in [0.2, 0.25) is 6.29 Å². The van der Waals surface area contributed by atoms with E-state index in [1.807, 2.05) is 13.0 Å². The molecule has 1 aliphatic heterocycles. The molecule has 0 radical (unpaired) electrons. The second-order valence-corrected chi connectivity index (χ2v) is 11.9. The largest absolute Gasteiger partial charge is 0.459 e. The fourth-order valence-corrected chi connectivity index (χ4v) is 7.56. The van der Waals surface area contributed by atoms with Crippen LogP contribution in [0.15, 0.2) is 54.3 Å². The zero-order valence-corrected chi connectivity index (χ0v) is 24.1. The molecule has 2 fully saturated rings. The fourth-order valence-electron chi connectivity index (χ4n) is 7.56. The smallest absolute Gasteiger partial charge is 0.286 e. The van der Waals surface area contributed by atoms with Gasteiger partial charge >= 0.3 is 0 Å². The summed E-state index contributed by atoms with van der Waals surface area (Å²) in [6, 6.07) is 15.4.